The summed E-state index contributed by atoms with van der Waals surface area (Å²) in [6.07, 6.45) is 4.61. The van der Waals surface area contributed by atoms with Crippen molar-refractivity contribution in [3.63, 3.8) is 0 Å². The third kappa shape index (κ3) is 5.54. The molecule has 0 unspecified atom stereocenters. The Bertz CT molecular complexity index is 962. The van der Waals surface area contributed by atoms with Gasteiger partial charge in [-0.3, -0.25) is 9.78 Å². The smallest absolute Gasteiger partial charge is 0.272 e. The van der Waals surface area contributed by atoms with Gasteiger partial charge in [-0.05, 0) is 42.0 Å². The van der Waals surface area contributed by atoms with Crippen LogP contribution in [0.2, 0.25) is 10.0 Å². The molecular formula is C20H15Cl2N3O2. The molecule has 0 bridgehead atoms. The molecule has 3 rings (SSSR count). The number of pyridine rings is 1. The zero-order chi connectivity index (χ0) is 19.1. The third-order valence-electron chi connectivity index (χ3n) is 3.57. The summed E-state index contributed by atoms with van der Waals surface area (Å²) in [4.78, 5) is 15.8. The van der Waals surface area contributed by atoms with E-state index in [-0.39, 0.29) is 5.91 Å². The van der Waals surface area contributed by atoms with Gasteiger partial charge in [0.1, 0.15) is 12.4 Å². The van der Waals surface area contributed by atoms with Crippen LogP contribution >= 0.6 is 23.2 Å². The molecule has 1 aromatic heterocycles. The van der Waals surface area contributed by atoms with Gasteiger partial charge in [0.15, 0.2) is 0 Å². The fourth-order valence-corrected chi connectivity index (χ4v) is 2.67. The quantitative estimate of drug-likeness (QED) is 0.481. The molecule has 0 radical (unpaired) electrons. The van der Waals surface area contributed by atoms with Gasteiger partial charge < -0.3 is 4.74 Å². The monoisotopic (exact) mass is 399 g/mol. The summed E-state index contributed by atoms with van der Waals surface area (Å²) < 4.78 is 5.77. The minimum atomic E-state index is -0.330. The van der Waals surface area contributed by atoms with Crippen LogP contribution in [-0.4, -0.2) is 17.1 Å². The molecule has 0 atom stereocenters. The third-order valence-corrected chi connectivity index (χ3v) is 4.16. The van der Waals surface area contributed by atoms with E-state index in [1.165, 1.54) is 12.4 Å². The number of aromatic nitrogens is 1. The summed E-state index contributed by atoms with van der Waals surface area (Å²) in [6, 6.07) is 15.9. The lowest BCUT2D eigenvalue weighted by atomic mass is 10.2. The standard InChI is InChI=1S/C20H15Cl2N3O2/c21-17-7-6-16(19(22)10-17)13-27-18-5-1-3-14(9-18)11-24-25-20(26)15-4-2-8-23-12-15/h1-12H,13H2,(H,25,26)/b24-11-. The topological polar surface area (TPSA) is 63.6 Å². The van der Waals surface area contributed by atoms with E-state index < -0.39 is 0 Å². The molecule has 5 nitrogen and oxygen atoms in total. The zero-order valence-corrected chi connectivity index (χ0v) is 15.6. The van der Waals surface area contributed by atoms with Gasteiger partial charge in [-0.25, -0.2) is 5.43 Å². The number of carbonyl (C=O) groups is 1. The predicted molar refractivity (Wildman–Crippen MR) is 107 cm³/mol. The van der Waals surface area contributed by atoms with Crippen LogP contribution in [0.3, 0.4) is 0 Å². The number of rotatable bonds is 6. The Hall–Kier alpha value is -2.89. The van der Waals surface area contributed by atoms with E-state index >= 15 is 0 Å². The van der Waals surface area contributed by atoms with Crippen LogP contribution in [-0.2, 0) is 6.61 Å². The molecule has 0 spiro atoms. The Morgan fingerprint density at radius 1 is 1.15 bits per heavy atom. The number of ether oxygens (including phenoxy) is 1. The minimum Gasteiger partial charge on any atom is -0.489 e. The van der Waals surface area contributed by atoms with E-state index in [1.54, 1.807) is 30.5 Å². The Morgan fingerprint density at radius 3 is 2.81 bits per heavy atom. The fraction of sp³-hybridized carbons (Fsp3) is 0.0500. The van der Waals surface area contributed by atoms with Crippen molar-refractivity contribution in [3.8, 4) is 5.75 Å². The predicted octanol–water partition coefficient (Wildman–Crippen LogP) is 4.73. The van der Waals surface area contributed by atoms with E-state index in [4.69, 9.17) is 27.9 Å². The first-order valence-electron chi connectivity index (χ1n) is 8.02. The number of halogens is 2. The van der Waals surface area contributed by atoms with Gasteiger partial charge in [0, 0.05) is 28.0 Å². The lowest BCUT2D eigenvalue weighted by Crippen LogP contribution is -2.17. The summed E-state index contributed by atoms with van der Waals surface area (Å²) >= 11 is 12.0. The molecule has 1 heterocycles. The Balaban J connectivity index is 1.59. The van der Waals surface area contributed by atoms with Gasteiger partial charge in [-0.1, -0.05) is 41.4 Å². The van der Waals surface area contributed by atoms with Crippen LogP contribution in [0.4, 0.5) is 0 Å². The van der Waals surface area contributed by atoms with E-state index in [2.05, 4.69) is 15.5 Å². The zero-order valence-electron chi connectivity index (χ0n) is 14.1. The van der Waals surface area contributed by atoms with Crippen molar-refractivity contribution in [2.75, 3.05) is 0 Å². The van der Waals surface area contributed by atoms with E-state index in [0.29, 0.717) is 28.0 Å². The SMILES string of the molecule is O=C(N/N=C\c1cccc(OCc2ccc(Cl)cc2Cl)c1)c1cccnc1. The van der Waals surface area contributed by atoms with Crippen LogP contribution in [0.1, 0.15) is 21.5 Å². The maximum Gasteiger partial charge on any atom is 0.272 e. The molecule has 0 saturated carbocycles. The number of hydrogen-bond acceptors (Lipinski definition) is 4. The highest BCUT2D eigenvalue weighted by molar-refractivity contribution is 6.35. The molecule has 2 aromatic carbocycles. The lowest BCUT2D eigenvalue weighted by molar-refractivity contribution is 0.0955. The maximum absolute atomic E-state index is 11.9. The van der Waals surface area contributed by atoms with Crippen molar-refractivity contribution < 1.29 is 9.53 Å². The summed E-state index contributed by atoms with van der Waals surface area (Å²) in [5, 5.41) is 5.09. The molecule has 0 saturated heterocycles. The average Bonchev–Trinajstić information content (AvgIpc) is 2.68. The number of amides is 1. The number of nitrogens with one attached hydrogen (secondary N) is 1. The minimum absolute atomic E-state index is 0.314. The first-order chi connectivity index (χ1) is 13.1. The molecule has 0 aliphatic rings. The number of benzene rings is 2. The number of hydrogen-bond donors (Lipinski definition) is 1. The maximum atomic E-state index is 11.9. The Labute approximate surface area is 166 Å². The second-order valence-corrected chi connectivity index (χ2v) is 6.38. The largest absolute Gasteiger partial charge is 0.489 e. The van der Waals surface area contributed by atoms with Crippen LogP contribution in [0, 0.1) is 0 Å². The Morgan fingerprint density at radius 2 is 2.04 bits per heavy atom. The number of carbonyl (C=O) groups excluding carboxylic acids is 1. The highest BCUT2D eigenvalue weighted by Gasteiger charge is 2.04. The van der Waals surface area contributed by atoms with Gasteiger partial charge in [0.05, 0.1) is 11.8 Å². The molecule has 0 aliphatic carbocycles. The average molecular weight is 400 g/mol. The van der Waals surface area contributed by atoms with Gasteiger partial charge in [-0.15, -0.1) is 0 Å². The molecule has 136 valence electrons. The van der Waals surface area contributed by atoms with Crippen LogP contribution in [0.5, 0.6) is 5.75 Å². The van der Waals surface area contributed by atoms with Gasteiger partial charge >= 0.3 is 0 Å². The lowest BCUT2D eigenvalue weighted by Gasteiger charge is -2.08. The van der Waals surface area contributed by atoms with Crippen molar-refractivity contribution in [3.05, 3.63) is 93.7 Å². The number of hydrazone groups is 1. The van der Waals surface area contributed by atoms with Crippen molar-refractivity contribution in [2.24, 2.45) is 5.10 Å². The van der Waals surface area contributed by atoms with Crippen molar-refractivity contribution in [1.29, 1.82) is 0 Å². The van der Waals surface area contributed by atoms with Crippen molar-refractivity contribution >= 4 is 35.3 Å². The molecule has 7 heteroatoms. The second-order valence-electron chi connectivity index (χ2n) is 5.54. The fourth-order valence-electron chi connectivity index (χ4n) is 2.21. The Kier molecular flexibility index (Phi) is 6.41. The van der Waals surface area contributed by atoms with Gasteiger partial charge in [0.2, 0.25) is 0 Å². The molecule has 1 amide bonds. The first-order valence-corrected chi connectivity index (χ1v) is 8.77. The highest BCUT2D eigenvalue weighted by atomic mass is 35.5. The van der Waals surface area contributed by atoms with Gasteiger partial charge in [-0.2, -0.15) is 5.10 Å². The summed E-state index contributed by atoms with van der Waals surface area (Å²) in [7, 11) is 0. The van der Waals surface area contributed by atoms with Crippen molar-refractivity contribution in [2.45, 2.75) is 6.61 Å². The molecule has 27 heavy (non-hydrogen) atoms. The number of nitrogens with zero attached hydrogens (tertiary/aromatic N) is 2. The second kappa shape index (κ2) is 9.16. The van der Waals surface area contributed by atoms with Crippen molar-refractivity contribution in [1.82, 2.24) is 10.4 Å². The van der Waals surface area contributed by atoms with E-state index in [9.17, 15) is 4.79 Å². The molecule has 0 aliphatic heterocycles. The van der Waals surface area contributed by atoms with Crippen LogP contribution in [0.25, 0.3) is 0 Å². The summed E-state index contributed by atoms with van der Waals surface area (Å²) in [6.45, 7) is 0.314. The molecule has 0 fully saturated rings. The van der Waals surface area contributed by atoms with E-state index in [1.807, 2.05) is 30.3 Å². The summed E-state index contributed by atoms with van der Waals surface area (Å²) in [5.41, 5.74) is 4.51. The molecule has 1 N–H and O–H groups in total. The van der Waals surface area contributed by atoms with E-state index in [0.717, 1.165) is 11.1 Å². The summed E-state index contributed by atoms with van der Waals surface area (Å²) in [5.74, 6) is 0.327. The van der Waals surface area contributed by atoms with Crippen LogP contribution < -0.4 is 10.2 Å². The highest BCUT2D eigenvalue weighted by Crippen LogP contribution is 2.23. The van der Waals surface area contributed by atoms with Gasteiger partial charge in [0.25, 0.3) is 5.91 Å². The normalized spacial score (nSPS) is 10.7. The molecule has 3 aromatic rings. The molecular weight excluding hydrogens is 385 g/mol. The first kappa shape index (κ1) is 18.9. The van der Waals surface area contributed by atoms with Crippen LogP contribution in [0.15, 0.2) is 72.1 Å².